The Hall–Kier alpha value is -2.39. The minimum Gasteiger partial charge on any atom is -0.480 e. The number of hydrogen-bond donors (Lipinski definition) is 1. The first-order chi connectivity index (χ1) is 8.62. The van der Waals surface area contributed by atoms with Crippen molar-refractivity contribution < 1.29 is 28.0 Å². The van der Waals surface area contributed by atoms with Crippen LogP contribution in [-0.2, 0) is 11.0 Å². The number of hydrogen-bond acceptors (Lipinski definition) is 5. The molecule has 0 saturated heterocycles. The molecule has 0 atom stereocenters. The third-order valence-electron chi connectivity index (χ3n) is 2.13. The second kappa shape index (κ2) is 5.08. The van der Waals surface area contributed by atoms with Gasteiger partial charge in [0.05, 0.1) is 4.92 Å². The van der Waals surface area contributed by atoms with Crippen LogP contribution in [0.15, 0.2) is 12.3 Å². The van der Waals surface area contributed by atoms with Crippen molar-refractivity contribution in [3.05, 3.63) is 28.1 Å². The molecule has 1 heterocycles. The largest absolute Gasteiger partial charge is 0.480 e. The SMILES string of the molecule is CN(CC(=O)O)c1cc(C(F)(F)F)ncc1[N+](=O)[O-]. The van der Waals surface area contributed by atoms with Crippen LogP contribution < -0.4 is 4.90 Å². The average molecular weight is 279 g/mol. The Morgan fingerprint density at radius 1 is 1.58 bits per heavy atom. The Bertz CT molecular complexity index is 518. The number of anilines is 1. The van der Waals surface area contributed by atoms with Crippen molar-refractivity contribution in [3.8, 4) is 0 Å². The fourth-order valence-corrected chi connectivity index (χ4v) is 1.33. The molecule has 1 N–H and O–H groups in total. The van der Waals surface area contributed by atoms with Crippen molar-refractivity contribution in [1.82, 2.24) is 4.98 Å². The fraction of sp³-hybridized carbons (Fsp3) is 0.333. The average Bonchev–Trinajstić information content (AvgIpc) is 2.25. The summed E-state index contributed by atoms with van der Waals surface area (Å²) < 4.78 is 37.4. The Balaban J connectivity index is 3.31. The van der Waals surface area contributed by atoms with Crippen molar-refractivity contribution in [2.24, 2.45) is 0 Å². The summed E-state index contributed by atoms with van der Waals surface area (Å²) in [5.74, 6) is -1.33. The lowest BCUT2D eigenvalue weighted by molar-refractivity contribution is -0.384. The number of pyridine rings is 1. The Morgan fingerprint density at radius 3 is 2.58 bits per heavy atom. The molecule has 19 heavy (non-hydrogen) atoms. The summed E-state index contributed by atoms with van der Waals surface area (Å²) in [6.45, 7) is -0.678. The second-order valence-corrected chi connectivity index (χ2v) is 3.56. The molecular formula is C9H8F3N3O4. The van der Waals surface area contributed by atoms with Gasteiger partial charge in [0, 0.05) is 7.05 Å². The van der Waals surface area contributed by atoms with E-state index in [-0.39, 0.29) is 0 Å². The number of aliphatic carboxylic acids is 1. The van der Waals surface area contributed by atoms with Crippen LogP contribution in [0.1, 0.15) is 5.69 Å². The molecule has 0 fully saturated rings. The zero-order valence-electron chi connectivity index (χ0n) is 9.51. The number of halogens is 3. The zero-order valence-corrected chi connectivity index (χ0v) is 9.51. The molecule has 0 radical (unpaired) electrons. The highest BCUT2D eigenvalue weighted by atomic mass is 19.4. The molecule has 0 saturated carbocycles. The molecule has 1 aromatic heterocycles. The summed E-state index contributed by atoms with van der Waals surface area (Å²) in [5, 5.41) is 19.2. The third kappa shape index (κ3) is 3.53. The topological polar surface area (TPSA) is 96.6 Å². The molecule has 1 aromatic rings. The fourth-order valence-electron chi connectivity index (χ4n) is 1.33. The molecule has 0 aliphatic rings. The number of carbonyl (C=O) groups is 1. The first-order valence-electron chi connectivity index (χ1n) is 4.77. The minimum atomic E-state index is -4.77. The second-order valence-electron chi connectivity index (χ2n) is 3.56. The standard InChI is InChI=1S/C9H8F3N3O4/c1-14(4-8(16)17)5-2-7(9(10,11)12)13-3-6(5)15(18)19/h2-3H,4H2,1H3,(H,16,17). The Morgan fingerprint density at radius 2 is 2.16 bits per heavy atom. The number of likely N-dealkylation sites (N-methyl/N-ethyl adjacent to an activating group) is 1. The molecule has 0 aliphatic carbocycles. The van der Waals surface area contributed by atoms with E-state index in [1.807, 2.05) is 0 Å². The number of nitrogens with zero attached hydrogens (tertiary/aromatic N) is 3. The third-order valence-corrected chi connectivity index (χ3v) is 2.13. The molecule has 1 rings (SSSR count). The molecule has 0 unspecified atom stereocenters. The minimum absolute atomic E-state index is 0.446. The molecule has 0 spiro atoms. The monoisotopic (exact) mass is 279 g/mol. The summed E-state index contributed by atoms with van der Waals surface area (Å²) in [4.78, 5) is 24.0. The first-order valence-corrected chi connectivity index (χ1v) is 4.77. The molecule has 7 nitrogen and oxygen atoms in total. The van der Waals surface area contributed by atoms with Gasteiger partial charge in [-0.05, 0) is 6.07 Å². The maximum Gasteiger partial charge on any atom is 0.433 e. The summed E-state index contributed by atoms with van der Waals surface area (Å²) in [7, 11) is 1.14. The number of aromatic nitrogens is 1. The van der Waals surface area contributed by atoms with Gasteiger partial charge in [0.25, 0.3) is 0 Å². The van der Waals surface area contributed by atoms with Gasteiger partial charge < -0.3 is 10.0 Å². The lowest BCUT2D eigenvalue weighted by Crippen LogP contribution is -2.26. The highest BCUT2D eigenvalue weighted by Gasteiger charge is 2.35. The molecule has 10 heteroatoms. The summed E-state index contributed by atoms with van der Waals surface area (Å²) in [6.07, 6.45) is -4.32. The zero-order chi connectivity index (χ0) is 14.8. The molecular weight excluding hydrogens is 271 g/mol. The van der Waals surface area contributed by atoms with Gasteiger partial charge in [0.2, 0.25) is 0 Å². The van der Waals surface area contributed by atoms with Crippen molar-refractivity contribution in [1.29, 1.82) is 0 Å². The first kappa shape index (κ1) is 14.7. The molecule has 104 valence electrons. The lowest BCUT2D eigenvalue weighted by Gasteiger charge is -2.17. The summed E-state index contributed by atoms with van der Waals surface area (Å²) >= 11 is 0. The Labute approximate surface area is 104 Å². The number of rotatable bonds is 4. The van der Waals surface area contributed by atoms with Crippen molar-refractivity contribution in [2.75, 3.05) is 18.5 Å². The van der Waals surface area contributed by atoms with E-state index >= 15 is 0 Å². The van der Waals surface area contributed by atoms with E-state index in [1.165, 1.54) is 0 Å². The van der Waals surface area contributed by atoms with Crippen LogP contribution in [0.3, 0.4) is 0 Å². The molecule has 0 aliphatic heterocycles. The smallest absolute Gasteiger partial charge is 0.433 e. The summed E-state index contributed by atoms with van der Waals surface area (Å²) in [6, 6.07) is 0.446. The van der Waals surface area contributed by atoms with Crippen LogP contribution in [0, 0.1) is 10.1 Å². The van der Waals surface area contributed by atoms with Crippen LogP contribution in [0.25, 0.3) is 0 Å². The predicted molar refractivity (Wildman–Crippen MR) is 56.8 cm³/mol. The summed E-state index contributed by atoms with van der Waals surface area (Å²) in [5.41, 5.74) is -2.49. The van der Waals surface area contributed by atoms with E-state index in [9.17, 15) is 28.1 Å². The maximum absolute atomic E-state index is 12.5. The van der Waals surface area contributed by atoms with Crippen LogP contribution in [-0.4, -0.2) is 34.6 Å². The highest BCUT2D eigenvalue weighted by molar-refractivity contribution is 5.75. The van der Waals surface area contributed by atoms with Crippen molar-refractivity contribution in [3.63, 3.8) is 0 Å². The number of carboxylic acids is 1. The van der Waals surface area contributed by atoms with E-state index < -0.39 is 40.7 Å². The lowest BCUT2D eigenvalue weighted by atomic mass is 10.2. The van der Waals surface area contributed by atoms with Crippen LogP contribution in [0.2, 0.25) is 0 Å². The van der Waals surface area contributed by atoms with Gasteiger partial charge in [0.15, 0.2) is 0 Å². The Kier molecular flexibility index (Phi) is 3.92. The molecule has 0 amide bonds. The van der Waals surface area contributed by atoms with Gasteiger partial charge in [-0.25, -0.2) is 4.98 Å². The molecule has 0 bridgehead atoms. The van der Waals surface area contributed by atoms with Crippen molar-refractivity contribution >= 4 is 17.3 Å². The normalized spacial score (nSPS) is 11.2. The van der Waals surface area contributed by atoms with Gasteiger partial charge in [-0.3, -0.25) is 14.9 Å². The van der Waals surface area contributed by atoms with Gasteiger partial charge in [-0.2, -0.15) is 13.2 Å². The van der Waals surface area contributed by atoms with Gasteiger partial charge >= 0.3 is 17.8 Å². The van der Waals surface area contributed by atoms with Gasteiger partial charge in [-0.15, -0.1) is 0 Å². The van der Waals surface area contributed by atoms with Gasteiger partial charge in [0.1, 0.15) is 24.1 Å². The van der Waals surface area contributed by atoms with E-state index in [0.717, 1.165) is 11.9 Å². The van der Waals surface area contributed by atoms with E-state index in [2.05, 4.69) is 4.98 Å². The number of alkyl halides is 3. The predicted octanol–water partition coefficient (Wildman–Crippen LogP) is 1.53. The van der Waals surface area contributed by atoms with E-state index in [1.54, 1.807) is 0 Å². The van der Waals surface area contributed by atoms with E-state index in [0.29, 0.717) is 12.3 Å². The van der Waals surface area contributed by atoms with Crippen LogP contribution in [0.5, 0.6) is 0 Å². The van der Waals surface area contributed by atoms with Crippen LogP contribution in [0.4, 0.5) is 24.5 Å². The van der Waals surface area contributed by atoms with Crippen molar-refractivity contribution in [2.45, 2.75) is 6.18 Å². The van der Waals surface area contributed by atoms with Crippen LogP contribution >= 0.6 is 0 Å². The number of nitro groups is 1. The quantitative estimate of drug-likeness (QED) is 0.663. The molecule has 0 aromatic carbocycles. The number of carboxylic acid groups (broad SMARTS) is 1. The van der Waals surface area contributed by atoms with E-state index in [4.69, 9.17) is 5.11 Å². The van der Waals surface area contributed by atoms with Gasteiger partial charge in [-0.1, -0.05) is 0 Å². The highest BCUT2D eigenvalue weighted by Crippen LogP contribution is 2.34. The maximum atomic E-state index is 12.5.